The minimum atomic E-state index is -0.881. The number of fused-ring (bicyclic) bond motifs is 1. The third kappa shape index (κ3) is 1.18. The Bertz CT molecular complexity index is 471. The molecule has 13 heavy (non-hydrogen) atoms. The van der Waals surface area contributed by atoms with Crippen LogP contribution < -0.4 is 0 Å². The highest BCUT2D eigenvalue weighted by Crippen LogP contribution is 2.19. The van der Waals surface area contributed by atoms with Gasteiger partial charge >= 0.3 is 5.97 Å². The predicted octanol–water partition coefficient (Wildman–Crippen LogP) is 2.17. The van der Waals surface area contributed by atoms with Crippen molar-refractivity contribution in [1.29, 1.82) is 0 Å². The summed E-state index contributed by atoms with van der Waals surface area (Å²) in [5, 5.41) is 9.67. The third-order valence-electron chi connectivity index (χ3n) is 2.04. The Morgan fingerprint density at radius 2 is 2.23 bits per heavy atom. The highest BCUT2D eigenvalue weighted by molar-refractivity contribution is 6.03. The van der Waals surface area contributed by atoms with E-state index in [9.17, 15) is 4.79 Å². The van der Waals surface area contributed by atoms with Gasteiger partial charge in [-0.2, -0.15) is 0 Å². The van der Waals surface area contributed by atoms with Crippen LogP contribution in [0.25, 0.3) is 10.9 Å². The van der Waals surface area contributed by atoms with Crippen LogP contribution in [0, 0.1) is 6.92 Å². The fourth-order valence-electron chi connectivity index (χ4n) is 1.49. The molecule has 0 aliphatic heterocycles. The van der Waals surface area contributed by atoms with Gasteiger partial charge in [-0.05, 0) is 30.7 Å². The summed E-state index contributed by atoms with van der Waals surface area (Å²) in [6, 6.07) is 5.39. The number of rotatable bonds is 1. The molecule has 0 atom stereocenters. The number of nitrogens with one attached hydrogen (secondary N) is 1. The zero-order valence-corrected chi connectivity index (χ0v) is 7.16. The lowest BCUT2D eigenvalue weighted by atomic mass is 10.1. The summed E-state index contributed by atoms with van der Waals surface area (Å²) in [7, 11) is 0. The molecule has 3 nitrogen and oxygen atoms in total. The van der Waals surface area contributed by atoms with Crippen LogP contribution in [0.3, 0.4) is 0 Å². The van der Waals surface area contributed by atoms with Crippen molar-refractivity contribution in [2.24, 2.45) is 0 Å². The highest BCUT2D eigenvalue weighted by Gasteiger charge is 2.09. The van der Waals surface area contributed by atoms with Crippen LogP contribution in [0.5, 0.6) is 0 Å². The van der Waals surface area contributed by atoms with Gasteiger partial charge in [0.15, 0.2) is 0 Å². The highest BCUT2D eigenvalue weighted by atomic mass is 16.4. The predicted molar refractivity (Wildman–Crippen MR) is 50.0 cm³/mol. The number of aromatic nitrogens is 1. The lowest BCUT2D eigenvalue weighted by Crippen LogP contribution is -1.97. The number of hydrogen-bond acceptors (Lipinski definition) is 1. The molecule has 1 heterocycles. The minimum absolute atomic E-state index is 0.358. The van der Waals surface area contributed by atoms with E-state index in [-0.39, 0.29) is 0 Å². The first kappa shape index (κ1) is 7.86. The molecule has 0 aliphatic carbocycles. The van der Waals surface area contributed by atoms with Crippen molar-refractivity contribution >= 4 is 16.9 Å². The number of carbonyl (C=O) groups is 1. The first-order valence-corrected chi connectivity index (χ1v) is 3.99. The van der Waals surface area contributed by atoms with Crippen LogP contribution in [0.1, 0.15) is 15.9 Å². The molecule has 66 valence electrons. The topological polar surface area (TPSA) is 53.1 Å². The Kier molecular flexibility index (Phi) is 1.59. The number of hydrogen-bond donors (Lipinski definition) is 2. The summed E-state index contributed by atoms with van der Waals surface area (Å²) in [6.45, 7) is 1.88. The molecule has 1 aromatic carbocycles. The lowest BCUT2D eigenvalue weighted by molar-refractivity contribution is 0.0699. The van der Waals surface area contributed by atoms with Crippen molar-refractivity contribution in [2.45, 2.75) is 6.92 Å². The summed E-state index contributed by atoms with van der Waals surface area (Å²) in [6.07, 6.45) is 1.75. The Labute approximate surface area is 75.0 Å². The maximum Gasteiger partial charge on any atom is 0.336 e. The van der Waals surface area contributed by atoms with E-state index in [1.54, 1.807) is 18.3 Å². The molecular formula is C10H9NO2. The summed E-state index contributed by atoms with van der Waals surface area (Å²) in [4.78, 5) is 13.8. The van der Waals surface area contributed by atoms with E-state index in [4.69, 9.17) is 5.11 Å². The molecule has 0 radical (unpaired) electrons. The number of benzene rings is 1. The van der Waals surface area contributed by atoms with E-state index in [1.165, 1.54) is 0 Å². The SMILES string of the molecule is Cc1cc(C(=O)O)c2cc[nH]c2c1. The molecule has 0 saturated heterocycles. The number of aromatic carboxylic acids is 1. The Morgan fingerprint density at radius 1 is 1.46 bits per heavy atom. The number of carboxylic acids is 1. The van der Waals surface area contributed by atoms with Gasteiger partial charge in [0.05, 0.1) is 5.56 Å². The van der Waals surface area contributed by atoms with Crippen molar-refractivity contribution in [3.05, 3.63) is 35.5 Å². The molecule has 0 spiro atoms. The monoisotopic (exact) mass is 175 g/mol. The fourth-order valence-corrected chi connectivity index (χ4v) is 1.49. The van der Waals surface area contributed by atoms with Gasteiger partial charge in [0, 0.05) is 17.1 Å². The van der Waals surface area contributed by atoms with Gasteiger partial charge in [-0.1, -0.05) is 0 Å². The molecule has 0 fully saturated rings. The van der Waals surface area contributed by atoms with Gasteiger partial charge in [0.1, 0.15) is 0 Å². The van der Waals surface area contributed by atoms with Gasteiger partial charge in [0.2, 0.25) is 0 Å². The van der Waals surface area contributed by atoms with E-state index < -0.39 is 5.97 Å². The van der Waals surface area contributed by atoms with Crippen LogP contribution in [0.15, 0.2) is 24.4 Å². The van der Waals surface area contributed by atoms with Crippen LogP contribution >= 0.6 is 0 Å². The van der Waals surface area contributed by atoms with Crippen molar-refractivity contribution in [3.63, 3.8) is 0 Å². The van der Waals surface area contributed by atoms with E-state index in [2.05, 4.69) is 4.98 Å². The normalized spacial score (nSPS) is 10.5. The zero-order chi connectivity index (χ0) is 9.42. The maximum absolute atomic E-state index is 10.9. The van der Waals surface area contributed by atoms with Gasteiger partial charge in [0.25, 0.3) is 0 Å². The van der Waals surface area contributed by atoms with Crippen molar-refractivity contribution in [1.82, 2.24) is 4.98 Å². The number of aromatic amines is 1. The second kappa shape index (κ2) is 2.62. The standard InChI is InChI=1S/C10H9NO2/c1-6-4-8(10(12)13)7-2-3-11-9(7)5-6/h2-5,11H,1H3,(H,12,13). The van der Waals surface area contributed by atoms with Crippen LogP contribution in [0.4, 0.5) is 0 Å². The quantitative estimate of drug-likeness (QED) is 0.697. The van der Waals surface area contributed by atoms with E-state index in [0.717, 1.165) is 16.5 Å². The van der Waals surface area contributed by atoms with E-state index in [0.29, 0.717) is 5.56 Å². The molecule has 2 N–H and O–H groups in total. The van der Waals surface area contributed by atoms with Gasteiger partial charge in [-0.3, -0.25) is 0 Å². The molecule has 0 amide bonds. The van der Waals surface area contributed by atoms with Crippen molar-refractivity contribution in [3.8, 4) is 0 Å². The molecular weight excluding hydrogens is 166 g/mol. The van der Waals surface area contributed by atoms with Crippen LogP contribution in [-0.4, -0.2) is 16.1 Å². The smallest absolute Gasteiger partial charge is 0.336 e. The van der Waals surface area contributed by atoms with Crippen molar-refractivity contribution in [2.75, 3.05) is 0 Å². The molecule has 0 saturated carbocycles. The Morgan fingerprint density at radius 3 is 2.92 bits per heavy atom. The summed E-state index contributed by atoms with van der Waals surface area (Å²) < 4.78 is 0. The molecule has 2 aromatic rings. The molecule has 0 bridgehead atoms. The summed E-state index contributed by atoms with van der Waals surface area (Å²) in [5.41, 5.74) is 2.18. The maximum atomic E-state index is 10.9. The first-order chi connectivity index (χ1) is 6.18. The number of carboxylic acid groups (broad SMARTS) is 1. The minimum Gasteiger partial charge on any atom is -0.478 e. The molecule has 0 unspecified atom stereocenters. The molecule has 3 heteroatoms. The van der Waals surface area contributed by atoms with E-state index in [1.807, 2.05) is 13.0 Å². The fraction of sp³-hybridized carbons (Fsp3) is 0.100. The third-order valence-corrected chi connectivity index (χ3v) is 2.04. The van der Waals surface area contributed by atoms with E-state index >= 15 is 0 Å². The lowest BCUT2D eigenvalue weighted by Gasteiger charge is -1.99. The number of H-pyrrole nitrogens is 1. The molecule has 2 rings (SSSR count). The van der Waals surface area contributed by atoms with Crippen LogP contribution in [0.2, 0.25) is 0 Å². The summed E-state index contributed by atoms with van der Waals surface area (Å²) in [5.74, 6) is -0.881. The van der Waals surface area contributed by atoms with Gasteiger partial charge in [-0.25, -0.2) is 4.79 Å². The number of aryl methyl sites for hydroxylation is 1. The molecule has 0 aliphatic rings. The molecule has 1 aromatic heterocycles. The average molecular weight is 175 g/mol. The largest absolute Gasteiger partial charge is 0.478 e. The van der Waals surface area contributed by atoms with Crippen molar-refractivity contribution < 1.29 is 9.90 Å². The van der Waals surface area contributed by atoms with Crippen LogP contribution in [-0.2, 0) is 0 Å². The second-order valence-electron chi connectivity index (χ2n) is 3.06. The summed E-state index contributed by atoms with van der Waals surface area (Å²) >= 11 is 0. The van der Waals surface area contributed by atoms with Gasteiger partial charge in [-0.15, -0.1) is 0 Å². The second-order valence-corrected chi connectivity index (χ2v) is 3.06. The average Bonchev–Trinajstić information content (AvgIpc) is 2.49. The Balaban J connectivity index is 2.84. The first-order valence-electron chi connectivity index (χ1n) is 3.99. The van der Waals surface area contributed by atoms with Gasteiger partial charge < -0.3 is 10.1 Å². The Hall–Kier alpha value is -1.77. The zero-order valence-electron chi connectivity index (χ0n) is 7.16.